The number of amides is 2. The van der Waals surface area contributed by atoms with Crippen LogP contribution in [0.3, 0.4) is 0 Å². The molecule has 1 unspecified atom stereocenters. The second kappa shape index (κ2) is 7.93. The average Bonchev–Trinajstić information content (AvgIpc) is 3.08. The molecule has 0 spiro atoms. The lowest BCUT2D eigenvalue weighted by Gasteiger charge is -2.31. The van der Waals surface area contributed by atoms with E-state index in [9.17, 15) is 9.59 Å². The van der Waals surface area contributed by atoms with E-state index in [4.69, 9.17) is 17.3 Å². The molecular weight excluding hydrogens is 360 g/mol. The van der Waals surface area contributed by atoms with Crippen molar-refractivity contribution in [3.8, 4) is 5.69 Å². The number of piperidine rings is 1. The zero-order valence-corrected chi connectivity index (χ0v) is 15.2. The maximum absolute atomic E-state index is 12.5. The summed E-state index contributed by atoms with van der Waals surface area (Å²) in [5.74, 6) is -0.308. The highest BCUT2D eigenvalue weighted by molar-refractivity contribution is 7.99. The summed E-state index contributed by atoms with van der Waals surface area (Å²) in [5, 5.41) is 1.36. The highest BCUT2D eigenvalue weighted by Crippen LogP contribution is 2.24. The fraction of sp³-hybridized carbons (Fsp3) is 0.353. The second-order valence-corrected chi connectivity index (χ2v) is 7.31. The van der Waals surface area contributed by atoms with Crippen LogP contribution in [-0.4, -0.2) is 45.1 Å². The van der Waals surface area contributed by atoms with Crippen molar-refractivity contribution in [1.29, 1.82) is 0 Å². The maximum Gasteiger partial charge on any atom is 0.233 e. The van der Waals surface area contributed by atoms with Gasteiger partial charge in [-0.3, -0.25) is 14.2 Å². The molecule has 0 aliphatic carbocycles. The molecule has 0 radical (unpaired) electrons. The van der Waals surface area contributed by atoms with Crippen LogP contribution >= 0.6 is 23.4 Å². The summed E-state index contributed by atoms with van der Waals surface area (Å²) >= 11 is 7.41. The fourth-order valence-electron chi connectivity index (χ4n) is 2.87. The Morgan fingerprint density at radius 1 is 1.40 bits per heavy atom. The number of nitrogens with zero attached hydrogens (tertiary/aromatic N) is 3. The van der Waals surface area contributed by atoms with Gasteiger partial charge in [0.2, 0.25) is 11.8 Å². The lowest BCUT2D eigenvalue weighted by atomic mass is 9.97. The van der Waals surface area contributed by atoms with Crippen LogP contribution in [0.25, 0.3) is 5.69 Å². The van der Waals surface area contributed by atoms with Gasteiger partial charge in [0, 0.05) is 36.2 Å². The van der Waals surface area contributed by atoms with Crippen LogP contribution in [0, 0.1) is 5.92 Å². The quantitative estimate of drug-likeness (QED) is 0.809. The van der Waals surface area contributed by atoms with Crippen molar-refractivity contribution in [3.05, 3.63) is 41.7 Å². The van der Waals surface area contributed by atoms with Gasteiger partial charge in [-0.1, -0.05) is 29.4 Å². The first kappa shape index (κ1) is 17.8. The lowest BCUT2D eigenvalue weighted by molar-refractivity contribution is -0.132. The summed E-state index contributed by atoms with van der Waals surface area (Å²) in [4.78, 5) is 29.9. The minimum atomic E-state index is -0.332. The summed E-state index contributed by atoms with van der Waals surface area (Å²) in [6, 6.07) is 7.46. The summed E-state index contributed by atoms with van der Waals surface area (Å²) in [7, 11) is 0. The molecule has 0 saturated carbocycles. The molecule has 0 bridgehead atoms. The number of thioether (sulfide) groups is 1. The van der Waals surface area contributed by atoms with Crippen LogP contribution in [-0.2, 0) is 9.59 Å². The predicted molar refractivity (Wildman–Crippen MR) is 97.8 cm³/mol. The molecule has 1 aliphatic rings. The summed E-state index contributed by atoms with van der Waals surface area (Å²) in [6.07, 6.45) is 5.09. The molecule has 132 valence electrons. The maximum atomic E-state index is 12.5. The van der Waals surface area contributed by atoms with Crippen LogP contribution < -0.4 is 5.73 Å². The zero-order valence-electron chi connectivity index (χ0n) is 13.6. The number of carbonyl (C=O) groups is 2. The molecule has 2 N–H and O–H groups in total. The van der Waals surface area contributed by atoms with Crippen molar-refractivity contribution in [2.75, 3.05) is 18.8 Å². The van der Waals surface area contributed by atoms with E-state index in [1.807, 2.05) is 35.0 Å². The van der Waals surface area contributed by atoms with Crippen molar-refractivity contribution in [1.82, 2.24) is 14.5 Å². The van der Waals surface area contributed by atoms with Gasteiger partial charge >= 0.3 is 0 Å². The smallest absolute Gasteiger partial charge is 0.233 e. The number of halogens is 1. The largest absolute Gasteiger partial charge is 0.369 e. The number of imidazole rings is 1. The van der Waals surface area contributed by atoms with Crippen LogP contribution in [0.1, 0.15) is 12.8 Å². The van der Waals surface area contributed by atoms with Gasteiger partial charge in [0.05, 0.1) is 11.7 Å². The third kappa shape index (κ3) is 4.35. The van der Waals surface area contributed by atoms with E-state index in [0.717, 1.165) is 23.7 Å². The highest BCUT2D eigenvalue weighted by atomic mass is 35.5. The van der Waals surface area contributed by atoms with E-state index < -0.39 is 0 Å². The molecule has 25 heavy (non-hydrogen) atoms. The molecular formula is C17H19ClN4O2S. The van der Waals surface area contributed by atoms with Crippen molar-refractivity contribution >= 4 is 35.2 Å². The molecule has 2 aromatic rings. The Labute approximate surface area is 155 Å². The summed E-state index contributed by atoms with van der Waals surface area (Å²) < 4.78 is 1.90. The monoisotopic (exact) mass is 378 g/mol. The first-order valence-corrected chi connectivity index (χ1v) is 9.40. The van der Waals surface area contributed by atoms with Gasteiger partial charge < -0.3 is 10.6 Å². The second-order valence-electron chi connectivity index (χ2n) is 5.93. The van der Waals surface area contributed by atoms with Crippen molar-refractivity contribution in [2.24, 2.45) is 11.7 Å². The van der Waals surface area contributed by atoms with E-state index in [1.165, 1.54) is 11.8 Å². The Bertz CT molecular complexity index is 780. The van der Waals surface area contributed by atoms with E-state index in [2.05, 4.69) is 4.98 Å². The lowest BCUT2D eigenvalue weighted by Crippen LogP contribution is -2.44. The van der Waals surface area contributed by atoms with Gasteiger partial charge in [-0.2, -0.15) is 0 Å². The van der Waals surface area contributed by atoms with Gasteiger partial charge in [-0.05, 0) is 31.0 Å². The Kier molecular flexibility index (Phi) is 5.65. The van der Waals surface area contributed by atoms with E-state index in [-0.39, 0.29) is 23.5 Å². The molecule has 1 aliphatic heterocycles. The van der Waals surface area contributed by atoms with Gasteiger partial charge in [-0.25, -0.2) is 4.98 Å². The van der Waals surface area contributed by atoms with Crippen LogP contribution in [0.5, 0.6) is 0 Å². The molecule has 1 saturated heterocycles. The van der Waals surface area contributed by atoms with Crippen LogP contribution in [0.15, 0.2) is 41.8 Å². The third-order valence-corrected chi connectivity index (χ3v) is 5.38. The Hall–Kier alpha value is -1.99. The normalized spacial score (nSPS) is 17.5. The van der Waals surface area contributed by atoms with E-state index in [0.29, 0.717) is 18.1 Å². The summed E-state index contributed by atoms with van der Waals surface area (Å²) in [6.45, 7) is 1.09. The first-order chi connectivity index (χ1) is 12.0. The number of aromatic nitrogens is 2. The van der Waals surface area contributed by atoms with Crippen molar-refractivity contribution in [3.63, 3.8) is 0 Å². The van der Waals surface area contributed by atoms with Gasteiger partial charge in [-0.15, -0.1) is 0 Å². The molecule has 1 atom stereocenters. The molecule has 3 rings (SSSR count). The summed E-state index contributed by atoms with van der Waals surface area (Å²) in [5.41, 5.74) is 6.27. The number of hydrogen-bond donors (Lipinski definition) is 1. The van der Waals surface area contributed by atoms with E-state index in [1.54, 1.807) is 11.1 Å². The molecule has 8 heteroatoms. The number of nitrogens with two attached hydrogens (primary N) is 1. The van der Waals surface area contributed by atoms with E-state index >= 15 is 0 Å². The Balaban J connectivity index is 1.63. The minimum absolute atomic E-state index is 0.00315. The average molecular weight is 379 g/mol. The molecule has 2 amide bonds. The fourth-order valence-corrected chi connectivity index (χ4v) is 3.93. The van der Waals surface area contributed by atoms with Crippen molar-refractivity contribution in [2.45, 2.75) is 18.0 Å². The highest BCUT2D eigenvalue weighted by Gasteiger charge is 2.27. The zero-order chi connectivity index (χ0) is 17.8. The number of carbonyl (C=O) groups excluding carboxylic acids is 2. The van der Waals surface area contributed by atoms with Crippen LogP contribution in [0.2, 0.25) is 5.02 Å². The molecule has 1 aromatic carbocycles. The Morgan fingerprint density at radius 2 is 2.24 bits per heavy atom. The topological polar surface area (TPSA) is 81.2 Å². The molecule has 6 nitrogen and oxygen atoms in total. The van der Waals surface area contributed by atoms with Gasteiger partial charge in [0.25, 0.3) is 0 Å². The van der Waals surface area contributed by atoms with Gasteiger partial charge in [0.15, 0.2) is 5.16 Å². The Morgan fingerprint density at radius 3 is 3.00 bits per heavy atom. The number of benzene rings is 1. The SMILES string of the molecule is NC(=O)C1CCCN(C(=O)CSc2nccn2-c2cccc(Cl)c2)C1. The van der Waals surface area contributed by atoms with Crippen molar-refractivity contribution < 1.29 is 9.59 Å². The predicted octanol–water partition coefficient (Wildman–Crippen LogP) is 2.34. The molecule has 1 aromatic heterocycles. The number of rotatable bonds is 5. The molecule has 1 fully saturated rings. The third-order valence-electron chi connectivity index (χ3n) is 4.19. The number of primary amides is 1. The van der Waals surface area contributed by atoms with Gasteiger partial charge in [0.1, 0.15) is 0 Å². The number of likely N-dealkylation sites (tertiary alicyclic amines) is 1. The molecule has 2 heterocycles. The number of hydrogen-bond acceptors (Lipinski definition) is 4. The van der Waals surface area contributed by atoms with Crippen LogP contribution in [0.4, 0.5) is 0 Å². The minimum Gasteiger partial charge on any atom is -0.369 e. The first-order valence-electron chi connectivity index (χ1n) is 8.04. The standard InChI is InChI=1S/C17H19ClN4O2S/c18-13-4-1-5-14(9-13)22-8-6-20-17(22)25-11-15(23)21-7-2-3-12(10-21)16(19)24/h1,4-6,8-9,12H,2-3,7,10-11H2,(H2,19,24).